The molecule has 0 spiro atoms. The second kappa shape index (κ2) is 5.89. The van der Waals surface area contributed by atoms with E-state index in [4.69, 9.17) is 16.9 Å². The summed E-state index contributed by atoms with van der Waals surface area (Å²) in [4.78, 5) is 0. The molecule has 0 aliphatic heterocycles. The molecule has 0 aromatic heterocycles. The van der Waals surface area contributed by atoms with Crippen LogP contribution in [0.15, 0.2) is 29.4 Å². The highest BCUT2D eigenvalue weighted by Gasteiger charge is 1.95. The van der Waals surface area contributed by atoms with E-state index >= 15 is 0 Å². The summed E-state index contributed by atoms with van der Waals surface area (Å²) in [5, 5.41) is 13.4. The molecule has 1 aromatic carbocycles. The largest absolute Gasteiger partial charge is 0.508 e. The van der Waals surface area contributed by atoms with Gasteiger partial charge in [-0.15, -0.1) is 0 Å². The normalized spacial score (nSPS) is 12.9. The van der Waals surface area contributed by atoms with Crippen molar-refractivity contribution in [2.45, 2.75) is 6.92 Å². The Labute approximate surface area is 95.9 Å². The van der Waals surface area contributed by atoms with Gasteiger partial charge in [0, 0.05) is 13.9 Å². The van der Waals surface area contributed by atoms with E-state index < -0.39 is 6.85 Å². The first-order valence-electron chi connectivity index (χ1n) is 4.73. The van der Waals surface area contributed by atoms with E-state index in [0.29, 0.717) is 0 Å². The molecule has 1 N–H and O–H groups in total. The van der Waals surface area contributed by atoms with Crippen LogP contribution in [-0.4, -0.2) is 29.3 Å². The summed E-state index contributed by atoms with van der Waals surface area (Å²) in [5.41, 5.74) is 0.959. The lowest BCUT2D eigenvalue weighted by Crippen LogP contribution is -2.00. The van der Waals surface area contributed by atoms with Crippen molar-refractivity contribution < 1.29 is 5.11 Å². The molecule has 0 aliphatic rings. The van der Waals surface area contributed by atoms with Crippen molar-refractivity contribution in [3.8, 4) is 5.75 Å². The van der Waals surface area contributed by atoms with Gasteiger partial charge in [-0.25, -0.2) is 0 Å². The third kappa shape index (κ3) is 4.02. The Hall–Kier alpha value is -0.860. The van der Waals surface area contributed by atoms with E-state index in [1.54, 1.807) is 18.3 Å². The molecule has 0 bridgehead atoms. The van der Waals surface area contributed by atoms with E-state index in [1.807, 2.05) is 24.0 Å². The molecular formula is C10H15N2OPS. The monoisotopic (exact) mass is 242 g/mol. The highest BCUT2D eigenvalue weighted by Crippen LogP contribution is 2.24. The van der Waals surface area contributed by atoms with Gasteiger partial charge in [-0.2, -0.15) is 5.10 Å². The van der Waals surface area contributed by atoms with Gasteiger partial charge in [0.05, 0.1) is 6.21 Å². The topological polar surface area (TPSA) is 35.8 Å². The van der Waals surface area contributed by atoms with Crippen molar-refractivity contribution >= 4 is 24.9 Å². The van der Waals surface area contributed by atoms with E-state index in [0.717, 1.165) is 11.7 Å². The summed E-state index contributed by atoms with van der Waals surface area (Å²) in [6, 6.07) is 6.91. The Morgan fingerprint density at radius 3 is 2.60 bits per heavy atom. The maximum Gasteiger partial charge on any atom is 0.115 e. The summed E-state index contributed by atoms with van der Waals surface area (Å²) in [7, 11) is 1.90. The molecule has 1 unspecified atom stereocenters. The van der Waals surface area contributed by atoms with Crippen LogP contribution < -0.4 is 0 Å². The van der Waals surface area contributed by atoms with Gasteiger partial charge in [-0.3, -0.25) is 4.78 Å². The summed E-state index contributed by atoms with van der Waals surface area (Å²) < 4.78 is 1.85. The van der Waals surface area contributed by atoms with Crippen molar-refractivity contribution in [1.82, 2.24) is 4.78 Å². The van der Waals surface area contributed by atoms with E-state index in [-0.39, 0.29) is 5.75 Å². The van der Waals surface area contributed by atoms with Crippen LogP contribution in [0.5, 0.6) is 5.75 Å². The van der Waals surface area contributed by atoms with Crippen LogP contribution in [0.1, 0.15) is 12.5 Å². The molecule has 0 saturated carbocycles. The van der Waals surface area contributed by atoms with E-state index in [9.17, 15) is 0 Å². The number of hydrogen-bond acceptors (Lipinski definition) is 3. The molecule has 0 aliphatic carbocycles. The number of nitrogens with zero attached hydrogens (tertiary/aromatic N) is 2. The van der Waals surface area contributed by atoms with Crippen LogP contribution >= 0.6 is 6.85 Å². The minimum absolute atomic E-state index is 0.266. The summed E-state index contributed by atoms with van der Waals surface area (Å²) in [6.07, 6.45) is 2.75. The lowest BCUT2D eigenvalue weighted by molar-refractivity contribution is 0.475. The Morgan fingerprint density at radius 1 is 1.47 bits per heavy atom. The minimum atomic E-state index is -0.915. The Morgan fingerprint density at radius 2 is 2.07 bits per heavy atom. The van der Waals surface area contributed by atoms with Crippen LogP contribution in [0.3, 0.4) is 0 Å². The molecule has 0 saturated heterocycles. The van der Waals surface area contributed by atoms with Gasteiger partial charge in [0.1, 0.15) is 5.75 Å². The number of hydrogen-bond donors (Lipinski definition) is 1. The van der Waals surface area contributed by atoms with E-state index in [2.05, 4.69) is 12.0 Å². The third-order valence-corrected chi connectivity index (χ3v) is 5.04. The van der Waals surface area contributed by atoms with Crippen molar-refractivity contribution in [2.24, 2.45) is 5.10 Å². The maximum absolute atomic E-state index is 9.09. The average molecular weight is 242 g/mol. The molecule has 3 nitrogen and oxygen atoms in total. The highest BCUT2D eigenvalue weighted by atomic mass is 32.4. The first-order valence-corrected chi connectivity index (χ1v) is 7.51. The summed E-state index contributed by atoms with van der Waals surface area (Å²) in [6.45, 7) is 1.16. The summed E-state index contributed by atoms with van der Waals surface area (Å²) in [5.74, 6) is 0.266. The molecule has 1 aromatic rings. The van der Waals surface area contributed by atoms with Crippen LogP contribution in [0.25, 0.3) is 0 Å². The SMILES string of the molecule is CC[PH](=S)N(C)/N=C\c1ccc(O)cc1. The average Bonchev–Trinajstić information content (AvgIpc) is 2.26. The summed E-state index contributed by atoms with van der Waals surface area (Å²) >= 11 is 5.27. The number of rotatable bonds is 4. The smallest absolute Gasteiger partial charge is 0.115 e. The zero-order chi connectivity index (χ0) is 11.3. The first kappa shape index (κ1) is 12.2. The molecule has 0 heterocycles. The number of hydrazone groups is 1. The number of aromatic hydroxyl groups is 1. The van der Waals surface area contributed by atoms with Gasteiger partial charge in [-0.1, -0.05) is 18.7 Å². The maximum atomic E-state index is 9.09. The third-order valence-electron chi connectivity index (χ3n) is 1.94. The minimum Gasteiger partial charge on any atom is -0.508 e. The van der Waals surface area contributed by atoms with Crippen molar-refractivity contribution in [2.75, 3.05) is 13.2 Å². The predicted octanol–water partition coefficient (Wildman–Crippen LogP) is 2.27. The molecule has 0 amide bonds. The second-order valence-electron chi connectivity index (χ2n) is 3.11. The lowest BCUT2D eigenvalue weighted by atomic mass is 10.2. The van der Waals surface area contributed by atoms with Crippen LogP contribution in [0.2, 0.25) is 0 Å². The van der Waals surface area contributed by atoms with Crippen molar-refractivity contribution in [3.63, 3.8) is 0 Å². The number of phenolic OH excluding ortho intramolecular Hbond substituents is 1. The van der Waals surface area contributed by atoms with Crippen LogP contribution in [-0.2, 0) is 11.8 Å². The van der Waals surface area contributed by atoms with Crippen LogP contribution in [0.4, 0.5) is 0 Å². The van der Waals surface area contributed by atoms with Crippen molar-refractivity contribution in [3.05, 3.63) is 29.8 Å². The Kier molecular flexibility index (Phi) is 4.79. The molecule has 15 heavy (non-hydrogen) atoms. The molecule has 0 fully saturated rings. The standard InChI is InChI=1S/C10H15N2OPS/c1-3-14(15)12(2)11-8-9-4-6-10(13)7-5-9/h4-8,13-14H,3H2,1-2H3/b11-8-. The zero-order valence-electron chi connectivity index (χ0n) is 8.84. The molecule has 5 heteroatoms. The Balaban J connectivity index is 2.65. The second-order valence-corrected chi connectivity index (χ2v) is 6.66. The van der Waals surface area contributed by atoms with Gasteiger partial charge in [0.15, 0.2) is 0 Å². The molecular weight excluding hydrogens is 227 g/mol. The number of benzene rings is 1. The van der Waals surface area contributed by atoms with Crippen molar-refractivity contribution in [1.29, 1.82) is 0 Å². The molecule has 82 valence electrons. The molecule has 1 atom stereocenters. The van der Waals surface area contributed by atoms with Crippen LogP contribution in [0, 0.1) is 0 Å². The fraction of sp³-hybridized carbons (Fsp3) is 0.300. The van der Waals surface area contributed by atoms with Gasteiger partial charge in [0.25, 0.3) is 0 Å². The first-order chi connectivity index (χ1) is 7.13. The predicted molar refractivity (Wildman–Crippen MR) is 69.7 cm³/mol. The zero-order valence-corrected chi connectivity index (χ0v) is 10.7. The molecule has 0 radical (unpaired) electrons. The lowest BCUT2D eigenvalue weighted by Gasteiger charge is -2.13. The Bertz CT molecular complexity index is 364. The van der Waals surface area contributed by atoms with Gasteiger partial charge >= 0.3 is 0 Å². The quantitative estimate of drug-likeness (QED) is 0.500. The highest BCUT2D eigenvalue weighted by molar-refractivity contribution is 8.04. The van der Waals surface area contributed by atoms with Gasteiger partial charge in [-0.05, 0) is 36.0 Å². The fourth-order valence-corrected chi connectivity index (χ4v) is 1.79. The fourth-order valence-electron chi connectivity index (χ4n) is 1.01. The van der Waals surface area contributed by atoms with Gasteiger partial charge in [0.2, 0.25) is 0 Å². The van der Waals surface area contributed by atoms with E-state index in [1.165, 1.54) is 0 Å². The molecule has 1 rings (SSSR count). The number of phenols is 1. The van der Waals surface area contributed by atoms with Gasteiger partial charge < -0.3 is 5.11 Å².